The van der Waals surface area contributed by atoms with E-state index in [4.69, 9.17) is 14.2 Å². The Morgan fingerprint density at radius 3 is 2.50 bits per heavy atom. The van der Waals surface area contributed by atoms with Crippen LogP contribution in [0.2, 0.25) is 0 Å². The Balaban J connectivity index is 1.51. The standard InChI is InChI=1S/C23H28N2O5/c1-3-16-8-4-7-11-19(16)29-15-22(26)24-25-23(27)17-12-13-20(21(14-17)28-2)30-18-9-5-6-10-18/h4,7-8,11-14,18H,3,5-6,9-10,15H2,1-2H3,(H,24,26)(H,25,27). The van der Waals surface area contributed by atoms with Crippen LogP contribution in [0.3, 0.4) is 0 Å². The van der Waals surface area contributed by atoms with Crippen LogP contribution in [0, 0.1) is 0 Å². The van der Waals surface area contributed by atoms with E-state index in [1.54, 1.807) is 18.2 Å². The Morgan fingerprint density at radius 1 is 1.00 bits per heavy atom. The van der Waals surface area contributed by atoms with Crippen LogP contribution in [-0.4, -0.2) is 31.6 Å². The number of aryl methyl sites for hydroxylation is 1. The smallest absolute Gasteiger partial charge is 0.276 e. The van der Waals surface area contributed by atoms with Crippen molar-refractivity contribution in [2.75, 3.05) is 13.7 Å². The normalized spacial score (nSPS) is 13.5. The molecule has 7 nitrogen and oxygen atoms in total. The molecule has 7 heteroatoms. The number of carbonyl (C=O) groups is 2. The molecule has 1 fully saturated rings. The van der Waals surface area contributed by atoms with Crippen LogP contribution in [0.5, 0.6) is 17.2 Å². The van der Waals surface area contributed by atoms with Crippen molar-refractivity contribution in [2.45, 2.75) is 45.1 Å². The van der Waals surface area contributed by atoms with Crippen LogP contribution in [-0.2, 0) is 11.2 Å². The van der Waals surface area contributed by atoms with E-state index >= 15 is 0 Å². The van der Waals surface area contributed by atoms with Crippen molar-refractivity contribution in [3.05, 3.63) is 53.6 Å². The third kappa shape index (κ3) is 5.65. The number of ether oxygens (including phenoxy) is 3. The zero-order valence-corrected chi connectivity index (χ0v) is 17.4. The second-order valence-electron chi connectivity index (χ2n) is 7.14. The minimum Gasteiger partial charge on any atom is -0.493 e. The number of para-hydroxylation sites is 1. The van der Waals surface area contributed by atoms with Gasteiger partial charge in [-0.1, -0.05) is 25.1 Å². The Morgan fingerprint density at radius 2 is 1.77 bits per heavy atom. The second-order valence-corrected chi connectivity index (χ2v) is 7.14. The van der Waals surface area contributed by atoms with E-state index in [0.717, 1.165) is 24.8 Å². The molecule has 0 heterocycles. The van der Waals surface area contributed by atoms with Gasteiger partial charge in [-0.25, -0.2) is 0 Å². The van der Waals surface area contributed by atoms with Crippen molar-refractivity contribution in [2.24, 2.45) is 0 Å². The molecule has 2 aromatic rings. The predicted octanol–water partition coefficient (Wildman–Crippen LogP) is 3.42. The molecule has 160 valence electrons. The fraction of sp³-hybridized carbons (Fsp3) is 0.391. The van der Waals surface area contributed by atoms with Gasteiger partial charge in [0, 0.05) is 5.56 Å². The largest absolute Gasteiger partial charge is 0.493 e. The quantitative estimate of drug-likeness (QED) is 0.649. The molecule has 2 aromatic carbocycles. The van der Waals surface area contributed by atoms with Gasteiger partial charge in [0.15, 0.2) is 18.1 Å². The maximum atomic E-state index is 12.4. The van der Waals surface area contributed by atoms with Crippen LogP contribution < -0.4 is 25.1 Å². The molecule has 0 aromatic heterocycles. The molecule has 0 radical (unpaired) electrons. The van der Waals surface area contributed by atoms with E-state index in [0.29, 0.717) is 22.8 Å². The average Bonchev–Trinajstić information content (AvgIpc) is 3.29. The van der Waals surface area contributed by atoms with E-state index in [1.807, 2.05) is 31.2 Å². The lowest BCUT2D eigenvalue weighted by Crippen LogP contribution is -2.43. The molecule has 30 heavy (non-hydrogen) atoms. The molecule has 1 aliphatic rings. The molecule has 2 amide bonds. The molecule has 1 aliphatic carbocycles. The summed E-state index contributed by atoms with van der Waals surface area (Å²) in [4.78, 5) is 24.4. The van der Waals surface area contributed by atoms with Crippen molar-refractivity contribution in [3.63, 3.8) is 0 Å². The first-order valence-electron chi connectivity index (χ1n) is 10.2. The first-order valence-corrected chi connectivity index (χ1v) is 10.2. The number of nitrogens with one attached hydrogen (secondary N) is 2. The lowest BCUT2D eigenvalue weighted by Gasteiger charge is -2.16. The minimum atomic E-state index is -0.456. The fourth-order valence-corrected chi connectivity index (χ4v) is 3.41. The SMILES string of the molecule is CCc1ccccc1OCC(=O)NNC(=O)c1ccc(OC2CCCC2)c(OC)c1. The average molecular weight is 412 g/mol. The van der Waals surface area contributed by atoms with Crippen LogP contribution in [0.15, 0.2) is 42.5 Å². The highest BCUT2D eigenvalue weighted by Crippen LogP contribution is 2.32. The Kier molecular flexibility index (Phi) is 7.54. The van der Waals surface area contributed by atoms with E-state index in [2.05, 4.69) is 10.9 Å². The number of amides is 2. The van der Waals surface area contributed by atoms with Crippen LogP contribution >= 0.6 is 0 Å². The minimum absolute atomic E-state index is 0.190. The van der Waals surface area contributed by atoms with Crippen molar-refractivity contribution in [3.8, 4) is 17.2 Å². The van der Waals surface area contributed by atoms with Crippen molar-refractivity contribution in [1.29, 1.82) is 0 Å². The highest BCUT2D eigenvalue weighted by molar-refractivity contribution is 5.96. The number of hydrazine groups is 1. The summed E-state index contributed by atoms with van der Waals surface area (Å²) in [5.41, 5.74) is 6.12. The summed E-state index contributed by atoms with van der Waals surface area (Å²) in [7, 11) is 1.53. The summed E-state index contributed by atoms with van der Waals surface area (Å²) in [5, 5.41) is 0. The Labute approximate surface area is 176 Å². The van der Waals surface area contributed by atoms with Crippen molar-refractivity contribution >= 4 is 11.8 Å². The first kappa shape index (κ1) is 21.5. The lowest BCUT2D eigenvalue weighted by atomic mass is 10.1. The molecule has 0 atom stereocenters. The van der Waals surface area contributed by atoms with Gasteiger partial charge in [-0.2, -0.15) is 0 Å². The summed E-state index contributed by atoms with van der Waals surface area (Å²) < 4.78 is 16.9. The fourth-order valence-electron chi connectivity index (χ4n) is 3.41. The summed E-state index contributed by atoms with van der Waals surface area (Å²) in [5.74, 6) is 0.850. The van der Waals surface area contributed by atoms with Gasteiger partial charge in [-0.3, -0.25) is 20.4 Å². The molecule has 0 bridgehead atoms. The highest BCUT2D eigenvalue weighted by atomic mass is 16.5. The molecule has 0 aliphatic heterocycles. The summed E-state index contributed by atoms with van der Waals surface area (Å²) in [6.07, 6.45) is 5.39. The molecule has 1 saturated carbocycles. The Hall–Kier alpha value is -3.22. The third-order valence-corrected chi connectivity index (χ3v) is 5.05. The summed E-state index contributed by atoms with van der Waals surface area (Å²) in [6.45, 7) is 1.82. The first-order chi connectivity index (χ1) is 14.6. The molecule has 0 saturated heterocycles. The van der Waals surface area contributed by atoms with Crippen LogP contribution in [0.1, 0.15) is 48.5 Å². The number of rotatable bonds is 8. The van der Waals surface area contributed by atoms with Gasteiger partial charge in [0.25, 0.3) is 11.8 Å². The van der Waals surface area contributed by atoms with Crippen LogP contribution in [0.4, 0.5) is 0 Å². The van der Waals surface area contributed by atoms with E-state index in [9.17, 15) is 9.59 Å². The zero-order chi connectivity index (χ0) is 21.3. The maximum Gasteiger partial charge on any atom is 0.276 e. The molecule has 0 unspecified atom stereocenters. The van der Waals surface area contributed by atoms with E-state index in [-0.39, 0.29) is 12.7 Å². The highest BCUT2D eigenvalue weighted by Gasteiger charge is 2.19. The molecular weight excluding hydrogens is 384 g/mol. The van der Waals surface area contributed by atoms with Gasteiger partial charge >= 0.3 is 0 Å². The predicted molar refractivity (Wildman–Crippen MR) is 113 cm³/mol. The van der Waals surface area contributed by atoms with Crippen molar-refractivity contribution < 1.29 is 23.8 Å². The molecule has 2 N–H and O–H groups in total. The van der Waals surface area contributed by atoms with Gasteiger partial charge in [0.2, 0.25) is 0 Å². The number of methoxy groups -OCH3 is 1. The van der Waals surface area contributed by atoms with Crippen LogP contribution in [0.25, 0.3) is 0 Å². The lowest BCUT2D eigenvalue weighted by molar-refractivity contribution is -0.123. The second kappa shape index (κ2) is 10.5. The Bertz CT molecular complexity index is 878. The zero-order valence-electron chi connectivity index (χ0n) is 17.4. The number of hydrogen-bond acceptors (Lipinski definition) is 5. The summed E-state index contributed by atoms with van der Waals surface area (Å²) >= 11 is 0. The van der Waals surface area contributed by atoms with Crippen molar-refractivity contribution in [1.82, 2.24) is 10.9 Å². The van der Waals surface area contributed by atoms with Gasteiger partial charge in [0.05, 0.1) is 13.2 Å². The maximum absolute atomic E-state index is 12.4. The number of hydrogen-bond donors (Lipinski definition) is 2. The van der Waals surface area contributed by atoms with E-state index in [1.165, 1.54) is 20.0 Å². The number of carbonyl (C=O) groups excluding carboxylic acids is 2. The van der Waals surface area contributed by atoms with Gasteiger partial charge < -0.3 is 14.2 Å². The van der Waals surface area contributed by atoms with Gasteiger partial charge in [-0.05, 0) is 61.9 Å². The summed E-state index contributed by atoms with van der Waals surface area (Å²) in [6, 6.07) is 12.5. The molecule has 0 spiro atoms. The number of benzene rings is 2. The topological polar surface area (TPSA) is 85.9 Å². The van der Waals surface area contributed by atoms with E-state index < -0.39 is 11.8 Å². The van der Waals surface area contributed by atoms with Gasteiger partial charge in [0.1, 0.15) is 5.75 Å². The monoisotopic (exact) mass is 412 g/mol. The molecular formula is C23H28N2O5. The third-order valence-electron chi connectivity index (χ3n) is 5.05. The molecule has 3 rings (SSSR count). The van der Waals surface area contributed by atoms with Gasteiger partial charge in [-0.15, -0.1) is 0 Å².